The molecule has 1 aliphatic heterocycles. The van der Waals surface area contributed by atoms with Crippen LogP contribution in [0.4, 0.5) is 0 Å². The van der Waals surface area contributed by atoms with Crippen molar-refractivity contribution in [3.05, 3.63) is 18.0 Å². The normalized spacial score (nSPS) is 19.9. The Morgan fingerprint density at radius 2 is 2.31 bits per heavy atom. The third-order valence-corrected chi connectivity index (χ3v) is 3.30. The van der Waals surface area contributed by atoms with Crippen molar-refractivity contribution >= 4 is 0 Å². The molecule has 1 aromatic heterocycles. The van der Waals surface area contributed by atoms with Gasteiger partial charge in [0.1, 0.15) is 0 Å². The van der Waals surface area contributed by atoms with E-state index in [4.69, 9.17) is 4.74 Å². The Labute approximate surface area is 96.2 Å². The maximum Gasteiger partial charge on any atom is 0.0573 e. The van der Waals surface area contributed by atoms with Crippen LogP contribution in [0.25, 0.3) is 0 Å². The van der Waals surface area contributed by atoms with E-state index >= 15 is 0 Å². The van der Waals surface area contributed by atoms with Crippen molar-refractivity contribution in [3.63, 3.8) is 0 Å². The molecule has 2 rings (SSSR count). The van der Waals surface area contributed by atoms with Crippen molar-refractivity contribution < 1.29 is 9.84 Å². The number of ether oxygens (including phenoxy) is 1. The van der Waals surface area contributed by atoms with Gasteiger partial charge in [0.2, 0.25) is 0 Å². The van der Waals surface area contributed by atoms with E-state index < -0.39 is 0 Å². The molecule has 1 atom stereocenters. The van der Waals surface area contributed by atoms with E-state index in [1.54, 1.807) is 4.68 Å². The molecule has 1 saturated heterocycles. The lowest BCUT2D eigenvalue weighted by Gasteiger charge is -2.26. The summed E-state index contributed by atoms with van der Waals surface area (Å²) in [7, 11) is 1.92. The standard InChI is InChI=1S/C12H20N2O2/c1-14-9-10(8-13-14)2-3-12(15)11-4-6-16-7-5-11/h8-9,11-12,15H,2-7H2,1H3. The number of rotatable bonds is 4. The molecule has 16 heavy (non-hydrogen) atoms. The molecule has 1 aromatic rings. The van der Waals surface area contributed by atoms with E-state index in [0.29, 0.717) is 5.92 Å². The number of hydrogen-bond donors (Lipinski definition) is 1. The van der Waals surface area contributed by atoms with Gasteiger partial charge < -0.3 is 9.84 Å². The summed E-state index contributed by atoms with van der Waals surface area (Å²) in [6, 6.07) is 0. The number of hydrogen-bond acceptors (Lipinski definition) is 3. The Hall–Kier alpha value is -0.870. The van der Waals surface area contributed by atoms with Crippen LogP contribution in [0.3, 0.4) is 0 Å². The number of aryl methyl sites for hydroxylation is 2. The van der Waals surface area contributed by atoms with E-state index in [1.807, 2.05) is 19.4 Å². The molecular weight excluding hydrogens is 204 g/mol. The van der Waals surface area contributed by atoms with Crippen LogP contribution in [0.5, 0.6) is 0 Å². The first kappa shape index (κ1) is 11.6. The highest BCUT2D eigenvalue weighted by Gasteiger charge is 2.21. The van der Waals surface area contributed by atoms with Crippen molar-refractivity contribution in [2.75, 3.05) is 13.2 Å². The van der Waals surface area contributed by atoms with Gasteiger partial charge in [0.25, 0.3) is 0 Å². The van der Waals surface area contributed by atoms with Crippen molar-refractivity contribution in [2.24, 2.45) is 13.0 Å². The summed E-state index contributed by atoms with van der Waals surface area (Å²) >= 11 is 0. The lowest BCUT2D eigenvalue weighted by molar-refractivity contribution is 0.00516. The van der Waals surface area contributed by atoms with Gasteiger partial charge >= 0.3 is 0 Å². The molecule has 1 aliphatic rings. The number of aromatic nitrogens is 2. The number of aliphatic hydroxyl groups excluding tert-OH is 1. The lowest BCUT2D eigenvalue weighted by Crippen LogP contribution is -2.27. The SMILES string of the molecule is Cn1cc(CCC(O)C2CCOCC2)cn1. The second-order valence-corrected chi connectivity index (χ2v) is 4.58. The molecule has 0 aliphatic carbocycles. The van der Waals surface area contributed by atoms with Gasteiger partial charge in [-0.2, -0.15) is 5.10 Å². The molecule has 0 saturated carbocycles. The van der Waals surface area contributed by atoms with Gasteiger partial charge in [-0.1, -0.05) is 0 Å². The summed E-state index contributed by atoms with van der Waals surface area (Å²) in [6.07, 6.45) is 7.42. The predicted octanol–water partition coefficient (Wildman–Crippen LogP) is 1.14. The minimum absolute atomic E-state index is 0.191. The van der Waals surface area contributed by atoms with Gasteiger partial charge in [-0.05, 0) is 37.2 Å². The molecular formula is C12H20N2O2. The molecule has 0 spiro atoms. The van der Waals surface area contributed by atoms with E-state index in [2.05, 4.69) is 5.10 Å². The van der Waals surface area contributed by atoms with Crippen LogP contribution in [-0.4, -0.2) is 34.2 Å². The van der Waals surface area contributed by atoms with Gasteiger partial charge in [-0.25, -0.2) is 0 Å². The summed E-state index contributed by atoms with van der Waals surface area (Å²) in [5.74, 6) is 0.422. The minimum Gasteiger partial charge on any atom is -0.393 e. The third-order valence-electron chi connectivity index (χ3n) is 3.30. The molecule has 0 amide bonds. The fourth-order valence-corrected chi connectivity index (χ4v) is 2.25. The molecule has 1 N–H and O–H groups in total. The molecule has 0 bridgehead atoms. The molecule has 2 heterocycles. The summed E-state index contributed by atoms with van der Waals surface area (Å²) < 4.78 is 7.09. The van der Waals surface area contributed by atoms with Crippen LogP contribution >= 0.6 is 0 Å². The molecule has 0 aromatic carbocycles. The zero-order chi connectivity index (χ0) is 11.4. The topological polar surface area (TPSA) is 47.3 Å². The van der Waals surface area contributed by atoms with Gasteiger partial charge in [-0.15, -0.1) is 0 Å². The van der Waals surface area contributed by atoms with E-state index in [1.165, 1.54) is 5.56 Å². The fourth-order valence-electron chi connectivity index (χ4n) is 2.25. The van der Waals surface area contributed by atoms with Gasteiger partial charge in [0.15, 0.2) is 0 Å². The zero-order valence-corrected chi connectivity index (χ0v) is 9.80. The maximum atomic E-state index is 10.1. The first-order chi connectivity index (χ1) is 7.75. The monoisotopic (exact) mass is 224 g/mol. The minimum atomic E-state index is -0.191. The first-order valence-corrected chi connectivity index (χ1v) is 5.99. The summed E-state index contributed by atoms with van der Waals surface area (Å²) in [5.41, 5.74) is 1.20. The van der Waals surface area contributed by atoms with Crippen molar-refractivity contribution in [3.8, 4) is 0 Å². The van der Waals surface area contributed by atoms with Crippen LogP contribution < -0.4 is 0 Å². The highest BCUT2D eigenvalue weighted by molar-refractivity contribution is 5.03. The second-order valence-electron chi connectivity index (χ2n) is 4.58. The third kappa shape index (κ3) is 3.06. The molecule has 1 fully saturated rings. The van der Waals surface area contributed by atoms with Crippen molar-refractivity contribution in [2.45, 2.75) is 31.8 Å². The van der Waals surface area contributed by atoms with Crippen LogP contribution in [0.2, 0.25) is 0 Å². The Kier molecular flexibility index (Phi) is 3.96. The average Bonchev–Trinajstić information content (AvgIpc) is 2.73. The van der Waals surface area contributed by atoms with Crippen molar-refractivity contribution in [1.29, 1.82) is 0 Å². The van der Waals surface area contributed by atoms with Gasteiger partial charge in [-0.3, -0.25) is 4.68 Å². The van der Waals surface area contributed by atoms with Crippen LogP contribution in [0, 0.1) is 5.92 Å². The second kappa shape index (κ2) is 5.46. The van der Waals surface area contributed by atoms with E-state index in [0.717, 1.165) is 38.9 Å². The highest BCUT2D eigenvalue weighted by atomic mass is 16.5. The summed E-state index contributed by atoms with van der Waals surface area (Å²) in [4.78, 5) is 0. The van der Waals surface area contributed by atoms with Crippen LogP contribution in [0.15, 0.2) is 12.4 Å². The molecule has 1 unspecified atom stereocenters. The Balaban J connectivity index is 1.76. The Morgan fingerprint density at radius 1 is 1.56 bits per heavy atom. The summed E-state index contributed by atoms with van der Waals surface area (Å²) in [6.45, 7) is 1.60. The molecule has 90 valence electrons. The quantitative estimate of drug-likeness (QED) is 0.834. The first-order valence-electron chi connectivity index (χ1n) is 5.99. The largest absolute Gasteiger partial charge is 0.393 e. The maximum absolute atomic E-state index is 10.1. The molecule has 4 heteroatoms. The predicted molar refractivity (Wildman–Crippen MR) is 61.1 cm³/mol. The number of nitrogens with zero attached hydrogens (tertiary/aromatic N) is 2. The van der Waals surface area contributed by atoms with Crippen LogP contribution in [0.1, 0.15) is 24.8 Å². The van der Waals surface area contributed by atoms with Gasteiger partial charge in [0, 0.05) is 26.5 Å². The Bertz CT molecular complexity index is 319. The Morgan fingerprint density at radius 3 is 2.94 bits per heavy atom. The van der Waals surface area contributed by atoms with Crippen molar-refractivity contribution in [1.82, 2.24) is 9.78 Å². The molecule has 4 nitrogen and oxygen atoms in total. The zero-order valence-electron chi connectivity index (χ0n) is 9.80. The van der Waals surface area contributed by atoms with E-state index in [9.17, 15) is 5.11 Å². The van der Waals surface area contributed by atoms with Gasteiger partial charge in [0.05, 0.1) is 12.3 Å². The summed E-state index contributed by atoms with van der Waals surface area (Å²) in [5, 5.41) is 14.2. The number of aliphatic hydroxyl groups is 1. The highest BCUT2D eigenvalue weighted by Crippen LogP contribution is 2.21. The van der Waals surface area contributed by atoms with E-state index in [-0.39, 0.29) is 6.10 Å². The lowest BCUT2D eigenvalue weighted by atomic mass is 9.90. The van der Waals surface area contributed by atoms with Crippen LogP contribution in [-0.2, 0) is 18.2 Å². The molecule has 0 radical (unpaired) electrons. The fraction of sp³-hybridized carbons (Fsp3) is 0.750. The smallest absolute Gasteiger partial charge is 0.0573 e. The average molecular weight is 224 g/mol.